The maximum Gasteiger partial charge on any atom is 0.332 e. The van der Waals surface area contributed by atoms with Gasteiger partial charge in [0.1, 0.15) is 0 Å². The van der Waals surface area contributed by atoms with Crippen molar-refractivity contribution >= 4 is 29.5 Å². The van der Waals surface area contributed by atoms with Gasteiger partial charge in [0, 0.05) is 6.08 Å². The molecule has 10 heavy (non-hydrogen) atoms. The Kier molecular flexibility index (Phi) is 2.89. The van der Waals surface area contributed by atoms with Crippen LogP contribution in [0.5, 0.6) is 0 Å². The van der Waals surface area contributed by atoms with E-state index in [1.807, 2.05) is 10.8 Å². The highest BCUT2D eigenvalue weighted by Crippen LogP contribution is 2.33. The van der Waals surface area contributed by atoms with Crippen molar-refractivity contribution in [3.63, 3.8) is 0 Å². The Bertz CT molecular complexity index is 169. The van der Waals surface area contributed by atoms with E-state index in [1.54, 1.807) is 0 Å². The highest BCUT2D eigenvalue weighted by Gasteiger charge is 2.14. The molecule has 0 unspecified atom stereocenters. The first-order chi connectivity index (χ1) is 4.83. The second kappa shape index (κ2) is 3.73. The summed E-state index contributed by atoms with van der Waals surface area (Å²) in [6.45, 7) is 3.29. The number of hydrogen-bond donors (Lipinski definition) is 0. The number of carbonyl (C=O) groups is 1. The van der Waals surface area contributed by atoms with Gasteiger partial charge in [-0.05, 0) is 10.8 Å². The van der Waals surface area contributed by atoms with Gasteiger partial charge in [-0.3, -0.25) is 0 Å². The molecule has 4 heteroatoms. The third kappa shape index (κ3) is 2.11. The Morgan fingerprint density at radius 2 is 2.20 bits per heavy atom. The van der Waals surface area contributed by atoms with Crippen molar-refractivity contribution < 1.29 is 9.53 Å². The lowest BCUT2D eigenvalue weighted by Crippen LogP contribution is -2.05. The van der Waals surface area contributed by atoms with Gasteiger partial charge < -0.3 is 4.74 Å². The van der Waals surface area contributed by atoms with Gasteiger partial charge in [0.05, 0.1) is 0 Å². The Hall–Kier alpha value is -0.350. The van der Waals surface area contributed by atoms with E-state index in [2.05, 4.69) is 6.58 Å². The molecule has 0 aromatic rings. The van der Waals surface area contributed by atoms with Crippen molar-refractivity contribution in [3.05, 3.63) is 23.5 Å². The lowest BCUT2D eigenvalue weighted by atomic mass is 10.7. The summed E-state index contributed by atoms with van der Waals surface area (Å²) in [5.74, 6) is -0.367. The van der Waals surface area contributed by atoms with E-state index in [0.717, 1.165) is 0 Å². The van der Waals surface area contributed by atoms with E-state index in [9.17, 15) is 4.79 Å². The number of ether oxygens (including phenoxy) is 1. The number of esters is 1. The van der Waals surface area contributed by atoms with Crippen molar-refractivity contribution in [2.24, 2.45) is 0 Å². The number of rotatable bonds is 2. The molecule has 0 amide bonds. The molecular formula is C6H6O2S2. The summed E-state index contributed by atoms with van der Waals surface area (Å²) in [4.78, 5) is 10.6. The Labute approximate surface area is 67.7 Å². The van der Waals surface area contributed by atoms with Crippen LogP contribution in [-0.4, -0.2) is 10.7 Å². The summed E-state index contributed by atoms with van der Waals surface area (Å²) >= 11 is 2.96. The molecule has 0 radical (unpaired) electrons. The van der Waals surface area contributed by atoms with Crippen LogP contribution < -0.4 is 0 Å². The first-order valence-corrected chi connectivity index (χ1v) is 4.50. The minimum Gasteiger partial charge on any atom is -0.437 e. The Balaban J connectivity index is 2.26. The lowest BCUT2D eigenvalue weighted by molar-refractivity contribution is -0.136. The average Bonchev–Trinajstić information content (AvgIpc) is 2.40. The van der Waals surface area contributed by atoms with Crippen molar-refractivity contribution in [2.75, 3.05) is 0 Å². The van der Waals surface area contributed by atoms with Gasteiger partial charge in [0.2, 0.25) is 4.77 Å². The number of thioether (sulfide) groups is 2. The molecule has 0 saturated heterocycles. The fourth-order valence-corrected chi connectivity index (χ4v) is 2.14. The maximum atomic E-state index is 10.6. The van der Waals surface area contributed by atoms with E-state index in [1.165, 1.54) is 29.6 Å². The van der Waals surface area contributed by atoms with Crippen molar-refractivity contribution in [1.82, 2.24) is 0 Å². The molecule has 0 fully saturated rings. The molecule has 0 saturated carbocycles. The van der Waals surface area contributed by atoms with Gasteiger partial charge in [0.15, 0.2) is 0 Å². The zero-order chi connectivity index (χ0) is 7.40. The van der Waals surface area contributed by atoms with Crippen LogP contribution in [0.4, 0.5) is 0 Å². The summed E-state index contributed by atoms with van der Waals surface area (Å²) in [6.07, 6.45) is 1.17. The average molecular weight is 174 g/mol. The third-order valence-corrected chi connectivity index (χ3v) is 2.88. The standard InChI is InChI=1S/C6H6O2S2/c1-2-5(7)8-6-9-3-4-10-6/h2-4,6H,1H2. The summed E-state index contributed by atoms with van der Waals surface area (Å²) < 4.78 is 4.76. The topological polar surface area (TPSA) is 26.3 Å². The van der Waals surface area contributed by atoms with Gasteiger partial charge in [-0.25, -0.2) is 4.79 Å². The molecule has 0 N–H and O–H groups in total. The molecular weight excluding hydrogens is 168 g/mol. The highest BCUT2D eigenvalue weighted by molar-refractivity contribution is 8.22. The first-order valence-electron chi connectivity index (χ1n) is 2.62. The molecule has 0 aliphatic carbocycles. The zero-order valence-electron chi connectivity index (χ0n) is 5.15. The molecule has 1 aliphatic rings. The SMILES string of the molecule is C=CC(=O)OC1SC=CS1. The molecule has 1 rings (SSSR count). The van der Waals surface area contributed by atoms with E-state index in [-0.39, 0.29) is 10.7 Å². The molecule has 1 aliphatic heterocycles. The molecule has 2 nitrogen and oxygen atoms in total. The van der Waals surface area contributed by atoms with Crippen LogP contribution in [0, 0.1) is 0 Å². The molecule has 0 bridgehead atoms. The Morgan fingerprint density at radius 3 is 2.70 bits per heavy atom. The summed E-state index contributed by atoms with van der Waals surface area (Å²) in [7, 11) is 0. The summed E-state index contributed by atoms with van der Waals surface area (Å²) in [5, 5.41) is 3.79. The summed E-state index contributed by atoms with van der Waals surface area (Å²) in [6, 6.07) is 0. The van der Waals surface area contributed by atoms with Crippen LogP contribution in [-0.2, 0) is 9.53 Å². The van der Waals surface area contributed by atoms with Crippen LogP contribution in [0.25, 0.3) is 0 Å². The van der Waals surface area contributed by atoms with Crippen molar-refractivity contribution in [3.8, 4) is 0 Å². The van der Waals surface area contributed by atoms with Gasteiger partial charge >= 0.3 is 5.97 Å². The smallest absolute Gasteiger partial charge is 0.332 e. The zero-order valence-corrected chi connectivity index (χ0v) is 6.78. The van der Waals surface area contributed by atoms with E-state index in [4.69, 9.17) is 4.74 Å². The molecule has 54 valence electrons. The van der Waals surface area contributed by atoms with Crippen LogP contribution in [0.1, 0.15) is 0 Å². The first kappa shape index (κ1) is 7.75. The third-order valence-electron chi connectivity index (χ3n) is 0.814. The summed E-state index contributed by atoms with van der Waals surface area (Å²) in [5.41, 5.74) is 0. The minimum atomic E-state index is -0.367. The van der Waals surface area contributed by atoms with Crippen LogP contribution in [0.3, 0.4) is 0 Å². The Morgan fingerprint density at radius 1 is 1.60 bits per heavy atom. The maximum absolute atomic E-state index is 10.6. The van der Waals surface area contributed by atoms with Crippen LogP contribution >= 0.6 is 23.5 Å². The number of hydrogen-bond acceptors (Lipinski definition) is 4. The van der Waals surface area contributed by atoms with Gasteiger partial charge in [0.25, 0.3) is 0 Å². The predicted octanol–water partition coefficient (Wildman–Crippen LogP) is 1.95. The minimum absolute atomic E-state index is 0.106. The number of carbonyl (C=O) groups excluding carboxylic acids is 1. The lowest BCUT2D eigenvalue weighted by Gasteiger charge is -2.06. The predicted molar refractivity (Wildman–Crippen MR) is 44.4 cm³/mol. The van der Waals surface area contributed by atoms with Gasteiger partial charge in [-0.1, -0.05) is 30.1 Å². The second-order valence-corrected chi connectivity index (χ2v) is 3.72. The van der Waals surface area contributed by atoms with Crippen molar-refractivity contribution in [1.29, 1.82) is 0 Å². The second-order valence-electron chi connectivity index (χ2n) is 1.47. The van der Waals surface area contributed by atoms with Crippen LogP contribution in [0.2, 0.25) is 0 Å². The molecule has 0 aromatic carbocycles. The normalized spacial score (nSPS) is 17.2. The van der Waals surface area contributed by atoms with Crippen molar-refractivity contribution in [2.45, 2.75) is 4.77 Å². The molecule has 0 spiro atoms. The van der Waals surface area contributed by atoms with E-state index >= 15 is 0 Å². The van der Waals surface area contributed by atoms with E-state index < -0.39 is 0 Å². The van der Waals surface area contributed by atoms with Crippen LogP contribution in [0.15, 0.2) is 23.5 Å². The highest BCUT2D eigenvalue weighted by atomic mass is 32.2. The molecule has 0 aromatic heterocycles. The quantitative estimate of drug-likeness (QED) is 0.472. The van der Waals surface area contributed by atoms with Gasteiger partial charge in [-0.15, -0.1) is 0 Å². The fourth-order valence-electron chi connectivity index (χ4n) is 0.423. The molecule has 1 heterocycles. The fraction of sp³-hybridized carbons (Fsp3) is 0.167. The van der Waals surface area contributed by atoms with E-state index in [0.29, 0.717) is 0 Å². The molecule has 0 atom stereocenters. The largest absolute Gasteiger partial charge is 0.437 e. The van der Waals surface area contributed by atoms with Gasteiger partial charge in [-0.2, -0.15) is 0 Å². The monoisotopic (exact) mass is 174 g/mol.